The highest BCUT2D eigenvalue weighted by atomic mass is 35.5. The molecule has 35 heavy (non-hydrogen) atoms. The van der Waals surface area contributed by atoms with Crippen LogP contribution in [0.15, 0.2) is 48.7 Å². The fourth-order valence-corrected chi connectivity index (χ4v) is 5.02. The van der Waals surface area contributed by atoms with E-state index in [9.17, 15) is 13.6 Å². The lowest BCUT2D eigenvalue weighted by Crippen LogP contribution is -2.50. The molecule has 1 amide bonds. The normalized spacial score (nSPS) is 18.0. The van der Waals surface area contributed by atoms with Crippen molar-refractivity contribution in [2.75, 3.05) is 13.1 Å². The minimum Gasteiger partial charge on any atom is -0.389 e. The topological polar surface area (TPSA) is 72.1 Å². The van der Waals surface area contributed by atoms with Gasteiger partial charge >= 0.3 is 0 Å². The van der Waals surface area contributed by atoms with Crippen LogP contribution in [0, 0.1) is 5.92 Å². The molecular weight excluding hydrogens is 490 g/mol. The van der Waals surface area contributed by atoms with Crippen LogP contribution >= 0.6 is 24.6 Å². The van der Waals surface area contributed by atoms with Gasteiger partial charge in [0.15, 0.2) is 0 Å². The van der Waals surface area contributed by atoms with Gasteiger partial charge in [-0.05, 0) is 36.1 Å². The van der Waals surface area contributed by atoms with Gasteiger partial charge < -0.3 is 20.9 Å². The summed E-state index contributed by atoms with van der Waals surface area (Å²) in [5.41, 5.74) is 10.6. The molecule has 0 radical (unpaired) electrons. The van der Waals surface area contributed by atoms with E-state index in [-0.39, 0.29) is 43.1 Å². The summed E-state index contributed by atoms with van der Waals surface area (Å²) in [4.78, 5) is 12.6. The fraction of sp³-hybridized carbons (Fsp3) is 0.385. The van der Waals surface area contributed by atoms with Crippen molar-refractivity contribution in [3.8, 4) is 11.1 Å². The number of hydrogen-bond donors (Lipinski definition) is 3. The minimum absolute atomic E-state index is 0. The predicted octanol–water partition coefficient (Wildman–Crippen LogP) is 4.95. The lowest BCUT2D eigenvalue weighted by atomic mass is 9.92. The van der Waals surface area contributed by atoms with Crippen LogP contribution in [0.25, 0.3) is 22.0 Å². The van der Waals surface area contributed by atoms with Gasteiger partial charge in [0.1, 0.15) is 4.99 Å². The average Bonchev–Trinajstić information content (AvgIpc) is 3.15. The fourth-order valence-electron chi connectivity index (χ4n) is 4.89. The molecule has 186 valence electrons. The Bertz CT molecular complexity index is 1250. The Balaban J connectivity index is 0.00000289. The Labute approximate surface area is 214 Å². The molecule has 5 nitrogen and oxygen atoms in total. The first-order valence-corrected chi connectivity index (χ1v) is 12.1. The van der Waals surface area contributed by atoms with Crippen molar-refractivity contribution in [3.05, 3.63) is 59.8 Å². The van der Waals surface area contributed by atoms with Crippen molar-refractivity contribution in [3.63, 3.8) is 0 Å². The van der Waals surface area contributed by atoms with Gasteiger partial charge in [0.2, 0.25) is 11.8 Å². The maximum absolute atomic E-state index is 13.9. The molecule has 2 aromatic carbocycles. The van der Waals surface area contributed by atoms with E-state index in [1.807, 2.05) is 30.3 Å². The predicted molar refractivity (Wildman–Crippen MR) is 141 cm³/mol. The first-order valence-electron chi connectivity index (χ1n) is 11.7. The molecular formula is C26H29ClF2N4OS. The van der Waals surface area contributed by atoms with E-state index in [0.29, 0.717) is 37.5 Å². The number of halogens is 3. The highest BCUT2D eigenvalue weighted by molar-refractivity contribution is 7.80. The largest absolute Gasteiger partial charge is 0.389 e. The SMILES string of the molecule is Cl.NC(=S)c1cccc(-c2cn(C3CCC(F)(F)CC3)c3cc(CNC(=O)C4CNC4)ccc23)c1. The van der Waals surface area contributed by atoms with Crippen molar-refractivity contribution in [2.24, 2.45) is 11.7 Å². The Hall–Kier alpha value is -2.55. The van der Waals surface area contributed by atoms with Crippen molar-refractivity contribution in [2.45, 2.75) is 44.2 Å². The third kappa shape index (κ3) is 5.34. The van der Waals surface area contributed by atoms with Gasteiger partial charge in [0, 0.05) is 66.7 Å². The van der Waals surface area contributed by atoms with Crippen LogP contribution in [-0.2, 0) is 11.3 Å². The summed E-state index contributed by atoms with van der Waals surface area (Å²) < 4.78 is 29.9. The zero-order valence-electron chi connectivity index (χ0n) is 19.2. The summed E-state index contributed by atoms with van der Waals surface area (Å²) in [5.74, 6) is -2.50. The van der Waals surface area contributed by atoms with Crippen molar-refractivity contribution < 1.29 is 13.6 Å². The number of nitrogens with zero attached hydrogens (tertiary/aromatic N) is 1. The molecule has 0 bridgehead atoms. The number of hydrogen-bond acceptors (Lipinski definition) is 3. The summed E-state index contributed by atoms with van der Waals surface area (Å²) in [6.45, 7) is 1.87. The Morgan fingerprint density at radius 3 is 2.57 bits per heavy atom. The molecule has 4 N–H and O–H groups in total. The second-order valence-electron chi connectivity index (χ2n) is 9.41. The zero-order valence-corrected chi connectivity index (χ0v) is 20.9. The van der Waals surface area contributed by atoms with Crippen LogP contribution in [0.1, 0.15) is 42.9 Å². The molecule has 2 fully saturated rings. The Morgan fingerprint density at radius 1 is 1.17 bits per heavy atom. The van der Waals surface area contributed by atoms with Crippen molar-refractivity contribution in [1.29, 1.82) is 0 Å². The van der Waals surface area contributed by atoms with E-state index in [0.717, 1.165) is 33.2 Å². The first-order chi connectivity index (χ1) is 16.3. The average molecular weight is 519 g/mol. The van der Waals surface area contributed by atoms with E-state index >= 15 is 0 Å². The van der Waals surface area contributed by atoms with Gasteiger partial charge in [-0.15, -0.1) is 12.4 Å². The maximum Gasteiger partial charge on any atom is 0.248 e. The van der Waals surface area contributed by atoms with E-state index in [4.69, 9.17) is 18.0 Å². The lowest BCUT2D eigenvalue weighted by molar-refractivity contribution is -0.126. The number of rotatable bonds is 6. The molecule has 1 aliphatic heterocycles. The van der Waals surface area contributed by atoms with Gasteiger partial charge in [-0.1, -0.05) is 42.5 Å². The highest BCUT2D eigenvalue weighted by Crippen LogP contribution is 2.42. The van der Waals surface area contributed by atoms with E-state index in [1.165, 1.54) is 0 Å². The van der Waals surface area contributed by atoms with Crippen LogP contribution in [0.5, 0.6) is 0 Å². The second-order valence-corrected chi connectivity index (χ2v) is 9.85. The summed E-state index contributed by atoms with van der Waals surface area (Å²) in [5, 5.41) is 7.17. The Kier molecular flexibility index (Phi) is 7.45. The highest BCUT2D eigenvalue weighted by Gasteiger charge is 2.36. The van der Waals surface area contributed by atoms with Gasteiger partial charge in [0.25, 0.3) is 0 Å². The number of nitrogens with one attached hydrogen (secondary N) is 2. The standard InChI is InChI=1S/C26H28F2N4OS.ClH/c27-26(28)8-6-20(7-9-26)32-15-22(17-2-1-3-18(11-17)24(29)34)21-5-4-16(10-23(21)32)12-31-25(33)19-13-30-14-19;/h1-5,10-11,15,19-20,30H,6-9,12-14H2,(H2,29,34)(H,31,33);1H. The molecule has 1 saturated carbocycles. The van der Waals surface area contributed by atoms with Crippen LogP contribution in [0.2, 0.25) is 0 Å². The monoisotopic (exact) mass is 518 g/mol. The summed E-state index contributed by atoms with van der Waals surface area (Å²) >= 11 is 5.16. The van der Waals surface area contributed by atoms with Crippen LogP contribution in [0.3, 0.4) is 0 Å². The number of fused-ring (bicyclic) bond motifs is 1. The minimum atomic E-state index is -2.58. The zero-order chi connectivity index (χ0) is 23.9. The molecule has 5 rings (SSSR count). The van der Waals surface area contributed by atoms with Crippen molar-refractivity contribution >= 4 is 46.4 Å². The third-order valence-corrected chi connectivity index (χ3v) is 7.29. The third-order valence-electron chi connectivity index (χ3n) is 7.06. The number of carbonyl (C=O) groups is 1. The summed E-state index contributed by atoms with van der Waals surface area (Å²) in [6, 6.07) is 13.9. The van der Waals surface area contributed by atoms with Crippen LogP contribution in [0.4, 0.5) is 8.78 Å². The second kappa shape index (κ2) is 10.2. The first kappa shape index (κ1) is 25.5. The number of nitrogens with two attached hydrogens (primary N) is 1. The van der Waals surface area contributed by atoms with E-state index in [1.54, 1.807) is 0 Å². The van der Waals surface area contributed by atoms with E-state index < -0.39 is 5.92 Å². The molecule has 1 aromatic heterocycles. The number of carbonyl (C=O) groups excluding carboxylic acids is 1. The molecule has 2 aliphatic rings. The number of benzene rings is 2. The number of amides is 1. The van der Waals surface area contributed by atoms with Gasteiger partial charge in [-0.25, -0.2) is 8.78 Å². The maximum atomic E-state index is 13.9. The molecule has 1 saturated heterocycles. The Morgan fingerprint density at radius 2 is 1.91 bits per heavy atom. The molecule has 2 heterocycles. The van der Waals surface area contributed by atoms with Gasteiger partial charge in [-0.3, -0.25) is 4.79 Å². The molecule has 3 aromatic rings. The molecule has 0 atom stereocenters. The van der Waals surface area contributed by atoms with Crippen molar-refractivity contribution in [1.82, 2.24) is 15.2 Å². The van der Waals surface area contributed by atoms with Gasteiger partial charge in [0.05, 0.1) is 5.92 Å². The summed E-state index contributed by atoms with van der Waals surface area (Å²) in [7, 11) is 0. The lowest BCUT2D eigenvalue weighted by Gasteiger charge is -2.30. The van der Waals surface area contributed by atoms with E-state index in [2.05, 4.69) is 33.5 Å². The molecule has 0 unspecified atom stereocenters. The molecule has 1 aliphatic carbocycles. The smallest absolute Gasteiger partial charge is 0.248 e. The molecule has 0 spiro atoms. The molecule has 9 heteroatoms. The van der Waals surface area contributed by atoms with Crippen LogP contribution < -0.4 is 16.4 Å². The van der Waals surface area contributed by atoms with Gasteiger partial charge in [-0.2, -0.15) is 0 Å². The number of thiocarbonyl (C=S) groups is 1. The summed E-state index contributed by atoms with van der Waals surface area (Å²) in [6.07, 6.45) is 2.72. The number of alkyl halides is 2. The number of aromatic nitrogens is 1. The van der Waals surface area contributed by atoms with Crippen LogP contribution in [-0.4, -0.2) is 34.5 Å². The quantitative estimate of drug-likeness (QED) is 0.404.